The van der Waals surface area contributed by atoms with Crippen LogP contribution in [0.5, 0.6) is 0 Å². The molecule has 0 spiro atoms. The van der Waals surface area contributed by atoms with Gasteiger partial charge in [-0.2, -0.15) is 0 Å². The van der Waals surface area contributed by atoms with Gasteiger partial charge in [-0.25, -0.2) is 33.6 Å². The number of esters is 7. The highest BCUT2D eigenvalue weighted by atomic mass is 16.6. The van der Waals surface area contributed by atoms with Crippen molar-refractivity contribution in [2.75, 3.05) is 0 Å². The first kappa shape index (κ1) is 91.3. The second kappa shape index (κ2) is 37.9. The maximum Gasteiger partial charge on any atom is 0.333 e. The van der Waals surface area contributed by atoms with Gasteiger partial charge in [-0.3, -0.25) is 0 Å². The van der Waals surface area contributed by atoms with Crippen molar-refractivity contribution >= 4 is 41.8 Å². The number of hydrogen-bond donors (Lipinski definition) is 0. The Morgan fingerprint density at radius 2 is 0.648 bits per heavy atom. The molecule has 0 amide bonds. The summed E-state index contributed by atoms with van der Waals surface area (Å²) in [6.07, 6.45) is 48.1. The Kier molecular flexibility index (Phi) is 32.0. The van der Waals surface area contributed by atoms with Crippen molar-refractivity contribution in [1.29, 1.82) is 0 Å². The molecule has 8 bridgehead atoms. The molecule has 0 aliphatic heterocycles. The summed E-state index contributed by atoms with van der Waals surface area (Å²) in [6.45, 7) is 60.3. The third kappa shape index (κ3) is 22.0. The first-order valence-corrected chi connectivity index (χ1v) is 42.4. The van der Waals surface area contributed by atoms with Crippen LogP contribution in [0.2, 0.25) is 0 Å². The van der Waals surface area contributed by atoms with Gasteiger partial charge in [0.1, 0.15) is 39.2 Å². The average molecular weight is 1500 g/mol. The highest BCUT2D eigenvalue weighted by Gasteiger charge is 2.70. The highest BCUT2D eigenvalue weighted by molar-refractivity contribution is 5.89. The van der Waals surface area contributed by atoms with Crippen LogP contribution >= 0.6 is 0 Å². The third-order valence-corrected chi connectivity index (χ3v) is 30.3. The number of hydrogen-bond acceptors (Lipinski definition) is 14. The first-order valence-electron chi connectivity index (χ1n) is 42.4. The van der Waals surface area contributed by atoms with Gasteiger partial charge in [-0.15, -0.1) is 0 Å². The fourth-order valence-electron chi connectivity index (χ4n) is 22.1. The summed E-state index contributed by atoms with van der Waals surface area (Å²) in [5.74, 6) is 3.50. The molecule has 12 fully saturated rings. The SMILES string of the molecule is C=C(C)C(=O)OC(C)(C1CCCCC1)C1CCCCC1.C=C(C)C(=O)OC1(C)CC2CCC1(C)C2(C)C.C=C(C)C(=O)OC1(C)CC2CCC1C2.C=C(C)C(=O)OC1(C)CCCCCC1.C=CC(=O)OC1(C)CC2CCC1(C)C2(C)C.C=CC(=O)OC1(C)CC2CCC1C2.C=CC(=O)OC1(C)CCCCCCC1. The van der Waals surface area contributed by atoms with Gasteiger partial charge in [-0.05, 0) is 301 Å². The van der Waals surface area contributed by atoms with Crippen LogP contribution in [0.15, 0.2) is 86.6 Å². The minimum atomic E-state index is -0.324. The van der Waals surface area contributed by atoms with E-state index in [1.54, 1.807) is 27.7 Å². The van der Waals surface area contributed by atoms with E-state index in [9.17, 15) is 33.6 Å². The van der Waals surface area contributed by atoms with E-state index in [1.165, 1.54) is 192 Å². The zero-order chi connectivity index (χ0) is 80.7. The molecule has 12 rings (SSSR count). The second-order valence-corrected chi connectivity index (χ2v) is 38.7. The Balaban J connectivity index is 0.000000198. The maximum atomic E-state index is 12.1. The van der Waals surface area contributed by atoms with E-state index < -0.39 is 0 Å². The van der Waals surface area contributed by atoms with E-state index in [4.69, 9.17) is 33.2 Å². The summed E-state index contributed by atoms with van der Waals surface area (Å²) in [6, 6.07) is 0. The van der Waals surface area contributed by atoms with E-state index in [2.05, 4.69) is 122 Å². The van der Waals surface area contributed by atoms with E-state index in [-0.39, 0.29) is 103 Å². The van der Waals surface area contributed by atoms with Crippen LogP contribution in [-0.4, -0.2) is 81.0 Å². The fourth-order valence-corrected chi connectivity index (χ4v) is 22.1. The van der Waals surface area contributed by atoms with Crippen LogP contribution in [0, 0.1) is 69.0 Å². The van der Waals surface area contributed by atoms with Gasteiger partial charge >= 0.3 is 41.8 Å². The van der Waals surface area contributed by atoms with Crippen molar-refractivity contribution in [3.8, 4) is 0 Å². The van der Waals surface area contributed by atoms with Gasteiger partial charge in [0.05, 0.1) is 0 Å². The van der Waals surface area contributed by atoms with E-state index in [1.807, 2.05) is 13.8 Å². The molecule has 12 atom stereocenters. The van der Waals surface area contributed by atoms with Crippen molar-refractivity contribution in [1.82, 2.24) is 0 Å². The van der Waals surface area contributed by atoms with E-state index in [0.717, 1.165) is 76.0 Å². The summed E-state index contributed by atoms with van der Waals surface area (Å²) in [4.78, 5) is 80.5. The number of rotatable bonds is 16. The van der Waals surface area contributed by atoms with E-state index in [0.29, 0.717) is 57.8 Å². The van der Waals surface area contributed by atoms with Gasteiger partial charge in [0, 0.05) is 51.4 Å². The summed E-state index contributed by atoms with van der Waals surface area (Å²) in [5.41, 5.74) is 0.977. The molecule has 14 heteroatoms. The predicted molar refractivity (Wildman–Crippen MR) is 434 cm³/mol. The molecular formula is C94H150O14. The van der Waals surface area contributed by atoms with Crippen LogP contribution in [-0.2, 0) is 66.7 Å². The Hall–Kier alpha value is -5.53. The van der Waals surface area contributed by atoms with Crippen LogP contribution < -0.4 is 0 Å². The molecule has 0 aromatic heterocycles. The summed E-state index contributed by atoms with van der Waals surface area (Å²) in [5, 5.41) is 0. The van der Waals surface area contributed by atoms with Crippen molar-refractivity contribution < 1.29 is 66.7 Å². The minimum absolute atomic E-state index is 0.0930. The summed E-state index contributed by atoms with van der Waals surface area (Å²) in [7, 11) is 0. The topological polar surface area (TPSA) is 184 Å². The van der Waals surface area contributed by atoms with Crippen LogP contribution in [0.1, 0.15) is 355 Å². The monoisotopic (exact) mass is 1500 g/mol. The van der Waals surface area contributed by atoms with Crippen LogP contribution in [0.3, 0.4) is 0 Å². The zero-order valence-electron chi connectivity index (χ0n) is 71.2. The van der Waals surface area contributed by atoms with E-state index >= 15 is 0 Å². The quantitative estimate of drug-likeness (QED) is 0.0615. The second-order valence-electron chi connectivity index (χ2n) is 38.7. The van der Waals surface area contributed by atoms with Crippen molar-refractivity contribution in [2.45, 2.75) is 394 Å². The molecule has 108 heavy (non-hydrogen) atoms. The Labute approximate surface area is 655 Å². The molecule has 0 N–H and O–H groups in total. The first-order chi connectivity index (χ1) is 50.3. The van der Waals surface area contributed by atoms with Gasteiger partial charge < -0.3 is 33.2 Å². The molecule has 12 unspecified atom stereocenters. The predicted octanol–water partition coefficient (Wildman–Crippen LogP) is 23.5. The number of carbonyl (C=O) groups excluding carboxylic acids is 7. The number of carbonyl (C=O) groups is 7. The standard InChI is InChI=1S/C18H30O2.C15H24O2.C14H22O2.C12H18O2.2C12H20O2.C11H16O2/c1-14(2)17(19)20-18(3,15-10-6-4-7-11-15)16-12-8-5-9-13-16;1-10(2)12(16)17-15(6)9-11-7-8-14(15,5)13(11,3)4;1-6-11(15)16-14(5)9-10-7-8-13(14,4)12(10,2)3;1-8(2)11(13)14-12(3)7-9-4-5-10(12)6-9;1-10(2)11(13)14-12(3)8-6-4-5-7-9-12;1-3-11(13)14-12(2)9-7-5-4-6-8-10-12;1-3-10(12)13-11(2)7-8-4-5-9(11)6-8/h15-16H,1,4-13H2,2-3H3;11H,1,7-9H2,2-6H3;6,10H,1,7-9H2,2-5H3;9-10H,1,4-7H2,2-3H3;1,4-9H2,2-3H3;3H,1,4-10H2,2H3;3,8-9H,1,4-7H2,2H3. The molecule has 0 aromatic rings. The Morgan fingerprint density at radius 1 is 0.333 bits per heavy atom. The summed E-state index contributed by atoms with van der Waals surface area (Å²) < 4.78 is 39.4. The molecule has 12 aliphatic carbocycles. The zero-order valence-corrected chi connectivity index (χ0v) is 71.2. The van der Waals surface area contributed by atoms with Crippen molar-refractivity contribution in [2.24, 2.45) is 69.0 Å². The molecular weight excluding hydrogens is 1350 g/mol. The van der Waals surface area contributed by atoms with Gasteiger partial charge in [-0.1, -0.05) is 158 Å². The lowest BCUT2D eigenvalue weighted by Gasteiger charge is -2.46. The number of fused-ring (bicyclic) bond motifs is 8. The largest absolute Gasteiger partial charge is 0.456 e. The Bertz CT molecular complexity index is 3170. The maximum absolute atomic E-state index is 12.1. The molecule has 0 saturated heterocycles. The molecule has 610 valence electrons. The molecule has 14 nitrogen and oxygen atoms in total. The molecule has 12 saturated carbocycles. The van der Waals surface area contributed by atoms with Gasteiger partial charge in [0.15, 0.2) is 0 Å². The molecule has 12 aliphatic rings. The smallest absolute Gasteiger partial charge is 0.333 e. The average Bonchev–Trinajstić information content (AvgIpc) is 1.54. The molecule has 0 aromatic carbocycles. The fraction of sp³-hybridized carbons (Fsp3) is 0.777. The van der Waals surface area contributed by atoms with Gasteiger partial charge in [0.2, 0.25) is 0 Å². The third-order valence-electron chi connectivity index (χ3n) is 30.3. The number of ether oxygens (including phenoxy) is 7. The lowest BCUT2D eigenvalue weighted by molar-refractivity contribution is -0.172. The normalized spacial score (nSPS) is 33.2. The lowest BCUT2D eigenvalue weighted by atomic mass is 9.65. The molecule has 0 heterocycles. The Morgan fingerprint density at radius 3 is 0.972 bits per heavy atom. The van der Waals surface area contributed by atoms with Crippen molar-refractivity contribution in [3.05, 3.63) is 86.6 Å². The lowest BCUT2D eigenvalue weighted by Crippen LogP contribution is -2.48. The molecule has 0 radical (unpaired) electrons. The van der Waals surface area contributed by atoms with Crippen molar-refractivity contribution in [3.63, 3.8) is 0 Å². The van der Waals surface area contributed by atoms with Crippen LogP contribution in [0.4, 0.5) is 0 Å². The summed E-state index contributed by atoms with van der Waals surface area (Å²) >= 11 is 0. The van der Waals surface area contributed by atoms with Crippen LogP contribution in [0.25, 0.3) is 0 Å². The van der Waals surface area contributed by atoms with Gasteiger partial charge in [0.25, 0.3) is 0 Å². The minimum Gasteiger partial charge on any atom is -0.456 e. The highest BCUT2D eigenvalue weighted by Crippen LogP contribution is 2.72.